The molecule has 1 fully saturated rings. The zero-order valence-electron chi connectivity index (χ0n) is 15.5. The Labute approximate surface area is 150 Å². The number of benzene rings is 1. The Kier molecular flexibility index (Phi) is 5.74. The molecule has 0 amide bonds. The van der Waals surface area contributed by atoms with Crippen molar-refractivity contribution in [1.29, 1.82) is 0 Å². The Morgan fingerprint density at radius 2 is 1.96 bits per heavy atom. The fraction of sp³-hybridized carbons (Fsp3) is 0.500. The number of pyridine rings is 1. The molecule has 0 spiro atoms. The molecule has 134 valence electrons. The van der Waals surface area contributed by atoms with Gasteiger partial charge in [0, 0.05) is 39.1 Å². The first-order valence-electron chi connectivity index (χ1n) is 9.20. The Balaban J connectivity index is 1.74. The van der Waals surface area contributed by atoms with Crippen molar-refractivity contribution < 1.29 is 0 Å². The Morgan fingerprint density at radius 1 is 1.20 bits per heavy atom. The molecule has 0 saturated heterocycles. The van der Waals surface area contributed by atoms with Crippen LogP contribution in [0.2, 0.25) is 0 Å². The summed E-state index contributed by atoms with van der Waals surface area (Å²) >= 11 is 0. The smallest absolute Gasteiger partial charge is 0.191 e. The summed E-state index contributed by atoms with van der Waals surface area (Å²) in [5.41, 5.74) is 2.27. The highest BCUT2D eigenvalue weighted by Gasteiger charge is 2.15. The largest absolute Gasteiger partial charge is 0.363 e. The molecule has 5 nitrogen and oxygen atoms in total. The molecule has 1 aliphatic carbocycles. The van der Waals surface area contributed by atoms with Gasteiger partial charge in [0.15, 0.2) is 5.96 Å². The highest BCUT2D eigenvalue weighted by atomic mass is 15.2. The Morgan fingerprint density at radius 3 is 2.68 bits per heavy atom. The number of hydrogen-bond acceptors (Lipinski definition) is 3. The number of nitrogens with zero attached hydrogens (tertiary/aromatic N) is 3. The lowest BCUT2D eigenvalue weighted by Crippen LogP contribution is -2.43. The lowest BCUT2D eigenvalue weighted by Gasteiger charge is -2.25. The number of para-hydroxylation sites is 1. The predicted octanol–water partition coefficient (Wildman–Crippen LogP) is 3.30. The van der Waals surface area contributed by atoms with Gasteiger partial charge in [0.05, 0.1) is 5.52 Å². The van der Waals surface area contributed by atoms with Crippen molar-refractivity contribution in [3.05, 3.63) is 35.9 Å². The molecule has 2 aromatic rings. The average Bonchev–Trinajstić information content (AvgIpc) is 2.65. The Hall–Kier alpha value is -2.30. The summed E-state index contributed by atoms with van der Waals surface area (Å²) in [6, 6.07) is 11.0. The van der Waals surface area contributed by atoms with Crippen molar-refractivity contribution >= 4 is 22.7 Å². The molecule has 0 aliphatic heterocycles. The van der Waals surface area contributed by atoms with Crippen LogP contribution in [-0.4, -0.2) is 38.1 Å². The van der Waals surface area contributed by atoms with Gasteiger partial charge in [-0.3, -0.25) is 4.99 Å². The number of aliphatic imine (C=N–C) groups is 1. The van der Waals surface area contributed by atoms with Crippen LogP contribution in [0.5, 0.6) is 0 Å². The second-order valence-corrected chi connectivity index (χ2v) is 6.96. The third-order valence-corrected chi connectivity index (χ3v) is 4.86. The molecular weight excluding hydrogens is 310 g/mol. The van der Waals surface area contributed by atoms with E-state index >= 15 is 0 Å². The van der Waals surface area contributed by atoms with Crippen molar-refractivity contribution in [2.24, 2.45) is 4.99 Å². The average molecular weight is 339 g/mol. The van der Waals surface area contributed by atoms with Crippen LogP contribution in [0.3, 0.4) is 0 Å². The summed E-state index contributed by atoms with van der Waals surface area (Å²) in [7, 11) is 5.89. The van der Waals surface area contributed by atoms with E-state index in [0.29, 0.717) is 6.04 Å². The van der Waals surface area contributed by atoms with Crippen molar-refractivity contribution in [2.45, 2.75) is 44.7 Å². The SMILES string of the molecule is CN=C(NCc1cc(N(C)C)nc2ccccc12)NC1CCCCC1. The zero-order valence-corrected chi connectivity index (χ0v) is 15.5. The van der Waals surface area contributed by atoms with E-state index in [1.54, 1.807) is 0 Å². The van der Waals surface area contributed by atoms with Gasteiger partial charge in [-0.1, -0.05) is 37.5 Å². The molecule has 1 aliphatic rings. The van der Waals surface area contributed by atoms with Gasteiger partial charge in [0.1, 0.15) is 5.82 Å². The summed E-state index contributed by atoms with van der Waals surface area (Å²) in [4.78, 5) is 11.2. The number of hydrogen-bond donors (Lipinski definition) is 2. The maximum absolute atomic E-state index is 4.73. The van der Waals surface area contributed by atoms with E-state index in [2.05, 4.69) is 39.9 Å². The molecule has 5 heteroatoms. The number of nitrogens with one attached hydrogen (secondary N) is 2. The van der Waals surface area contributed by atoms with Gasteiger partial charge in [0.25, 0.3) is 0 Å². The summed E-state index contributed by atoms with van der Waals surface area (Å²) in [5, 5.41) is 8.25. The fourth-order valence-corrected chi connectivity index (χ4v) is 3.42. The lowest BCUT2D eigenvalue weighted by atomic mass is 9.96. The van der Waals surface area contributed by atoms with Crippen LogP contribution >= 0.6 is 0 Å². The van der Waals surface area contributed by atoms with Crippen molar-refractivity contribution in [2.75, 3.05) is 26.0 Å². The number of anilines is 1. The maximum atomic E-state index is 4.73. The van der Waals surface area contributed by atoms with E-state index in [1.165, 1.54) is 43.1 Å². The van der Waals surface area contributed by atoms with Gasteiger partial charge in [-0.05, 0) is 30.5 Å². The van der Waals surface area contributed by atoms with Crippen LogP contribution in [0.15, 0.2) is 35.3 Å². The van der Waals surface area contributed by atoms with Crippen LogP contribution < -0.4 is 15.5 Å². The monoisotopic (exact) mass is 339 g/mol. The summed E-state index contributed by atoms with van der Waals surface area (Å²) < 4.78 is 0. The highest BCUT2D eigenvalue weighted by Crippen LogP contribution is 2.22. The number of aromatic nitrogens is 1. The summed E-state index contributed by atoms with van der Waals surface area (Å²) in [6.45, 7) is 0.732. The van der Waals surface area contributed by atoms with E-state index in [0.717, 1.165) is 23.8 Å². The van der Waals surface area contributed by atoms with Gasteiger partial charge >= 0.3 is 0 Å². The van der Waals surface area contributed by atoms with Crippen LogP contribution in [0.4, 0.5) is 5.82 Å². The minimum absolute atomic E-state index is 0.548. The molecule has 0 radical (unpaired) electrons. The number of rotatable bonds is 4. The first-order valence-corrected chi connectivity index (χ1v) is 9.20. The fourth-order valence-electron chi connectivity index (χ4n) is 3.42. The second kappa shape index (κ2) is 8.19. The van der Waals surface area contributed by atoms with Crippen molar-refractivity contribution in [3.8, 4) is 0 Å². The molecule has 2 N–H and O–H groups in total. The van der Waals surface area contributed by atoms with E-state index in [9.17, 15) is 0 Å². The molecule has 0 bridgehead atoms. The number of fused-ring (bicyclic) bond motifs is 1. The van der Waals surface area contributed by atoms with Gasteiger partial charge in [0.2, 0.25) is 0 Å². The topological polar surface area (TPSA) is 52.6 Å². The quantitative estimate of drug-likeness (QED) is 0.663. The molecule has 3 rings (SSSR count). The lowest BCUT2D eigenvalue weighted by molar-refractivity contribution is 0.410. The molecule has 1 aromatic carbocycles. The standard InChI is InChI=1S/C20H29N5/c1-21-20(23-16-9-5-4-6-10-16)22-14-15-13-19(25(2)3)24-18-12-8-7-11-17(15)18/h7-8,11-13,16H,4-6,9-10,14H2,1-3H3,(H2,21,22,23). The predicted molar refractivity (Wildman–Crippen MR) is 106 cm³/mol. The molecule has 0 unspecified atom stereocenters. The minimum Gasteiger partial charge on any atom is -0.363 e. The normalized spacial score (nSPS) is 16.0. The van der Waals surface area contributed by atoms with E-state index in [-0.39, 0.29) is 0 Å². The van der Waals surface area contributed by atoms with Crippen molar-refractivity contribution in [3.63, 3.8) is 0 Å². The van der Waals surface area contributed by atoms with Gasteiger partial charge in [-0.15, -0.1) is 0 Å². The Bertz CT molecular complexity index is 732. The van der Waals surface area contributed by atoms with Crippen LogP contribution in [0.25, 0.3) is 10.9 Å². The van der Waals surface area contributed by atoms with Gasteiger partial charge in [-0.25, -0.2) is 4.98 Å². The number of guanidine groups is 1. The maximum Gasteiger partial charge on any atom is 0.191 e. The van der Waals surface area contributed by atoms with Gasteiger partial charge < -0.3 is 15.5 Å². The third-order valence-electron chi connectivity index (χ3n) is 4.86. The van der Waals surface area contributed by atoms with Crippen LogP contribution in [0.1, 0.15) is 37.7 Å². The molecule has 0 atom stereocenters. The molecule has 25 heavy (non-hydrogen) atoms. The molecule has 1 saturated carbocycles. The highest BCUT2D eigenvalue weighted by molar-refractivity contribution is 5.85. The van der Waals surface area contributed by atoms with Crippen molar-refractivity contribution in [1.82, 2.24) is 15.6 Å². The third kappa shape index (κ3) is 4.41. The summed E-state index contributed by atoms with van der Waals surface area (Å²) in [6.07, 6.45) is 6.47. The van der Waals surface area contributed by atoms with Crippen LogP contribution in [-0.2, 0) is 6.54 Å². The first-order chi connectivity index (χ1) is 12.2. The first kappa shape index (κ1) is 17.5. The zero-order chi connectivity index (χ0) is 17.6. The van der Waals surface area contributed by atoms with E-state index < -0.39 is 0 Å². The minimum atomic E-state index is 0.548. The molecule has 1 heterocycles. The van der Waals surface area contributed by atoms with E-state index in [1.807, 2.05) is 32.1 Å². The van der Waals surface area contributed by atoms with E-state index in [4.69, 9.17) is 4.98 Å². The van der Waals surface area contributed by atoms with Crippen LogP contribution in [0, 0.1) is 0 Å². The molecular formula is C20H29N5. The molecule has 1 aromatic heterocycles. The second-order valence-electron chi connectivity index (χ2n) is 6.96. The van der Waals surface area contributed by atoms with Gasteiger partial charge in [-0.2, -0.15) is 0 Å². The summed E-state index contributed by atoms with van der Waals surface area (Å²) in [5.74, 6) is 1.87.